The number of aliphatic carboxylic acids is 1. The molecule has 0 fully saturated rings. The van der Waals surface area contributed by atoms with Gasteiger partial charge in [-0.05, 0) is 12.1 Å². The van der Waals surface area contributed by atoms with E-state index in [1.165, 1.54) is 36.9 Å². The van der Waals surface area contributed by atoms with Crippen LogP contribution in [0.1, 0.15) is 27.6 Å². The van der Waals surface area contributed by atoms with Gasteiger partial charge in [-0.25, -0.2) is 14.4 Å². The van der Waals surface area contributed by atoms with Gasteiger partial charge in [-0.1, -0.05) is 6.07 Å². The molecule has 1 amide bonds. The zero-order valence-electron chi connectivity index (χ0n) is 13.4. The highest BCUT2D eigenvalue weighted by Gasteiger charge is 2.19. The van der Waals surface area contributed by atoms with Crippen molar-refractivity contribution >= 4 is 41.3 Å². The van der Waals surface area contributed by atoms with E-state index in [-0.39, 0.29) is 29.2 Å². The Hall–Kier alpha value is -2.75. The van der Waals surface area contributed by atoms with Gasteiger partial charge in [0.15, 0.2) is 0 Å². The standard InChI is InChI=1S/C15H18N2O7S/c1-8(18)17-11(14(21)22)7-25-6-5-24-15(23)10-4-2-3-9(12(10)16)13(19)20/h2-4,11H,5-7,16H2,1H3,(H,17,18)(H,19,20)(H,21,22). The van der Waals surface area contributed by atoms with Crippen LogP contribution >= 0.6 is 11.8 Å². The highest BCUT2D eigenvalue weighted by atomic mass is 32.2. The van der Waals surface area contributed by atoms with Crippen molar-refractivity contribution in [2.24, 2.45) is 0 Å². The number of aromatic carboxylic acids is 1. The lowest BCUT2D eigenvalue weighted by Gasteiger charge is -2.13. The summed E-state index contributed by atoms with van der Waals surface area (Å²) < 4.78 is 5.00. The first kappa shape index (κ1) is 20.3. The van der Waals surface area contributed by atoms with E-state index in [0.29, 0.717) is 5.75 Å². The molecule has 0 aliphatic carbocycles. The van der Waals surface area contributed by atoms with E-state index >= 15 is 0 Å². The summed E-state index contributed by atoms with van der Waals surface area (Å²) in [5.41, 5.74) is 5.23. The second-order valence-electron chi connectivity index (χ2n) is 4.87. The van der Waals surface area contributed by atoms with Gasteiger partial charge < -0.3 is 26.0 Å². The van der Waals surface area contributed by atoms with Crippen molar-refractivity contribution in [2.45, 2.75) is 13.0 Å². The number of carbonyl (C=O) groups is 4. The molecule has 0 saturated heterocycles. The van der Waals surface area contributed by atoms with Crippen LogP contribution in [0.15, 0.2) is 18.2 Å². The van der Waals surface area contributed by atoms with Crippen LogP contribution in [0.25, 0.3) is 0 Å². The summed E-state index contributed by atoms with van der Waals surface area (Å²) in [6, 6.07) is 2.99. The van der Waals surface area contributed by atoms with Crippen molar-refractivity contribution in [3.05, 3.63) is 29.3 Å². The largest absolute Gasteiger partial charge is 0.480 e. The molecule has 1 aromatic rings. The van der Waals surface area contributed by atoms with Crippen LogP contribution in [0.5, 0.6) is 0 Å². The van der Waals surface area contributed by atoms with Crippen molar-refractivity contribution in [3.8, 4) is 0 Å². The number of esters is 1. The van der Waals surface area contributed by atoms with Gasteiger partial charge in [0, 0.05) is 18.4 Å². The molecule has 25 heavy (non-hydrogen) atoms. The van der Waals surface area contributed by atoms with Gasteiger partial charge >= 0.3 is 17.9 Å². The number of carboxylic acids is 2. The van der Waals surface area contributed by atoms with Gasteiger partial charge in [0.1, 0.15) is 12.6 Å². The number of thioether (sulfide) groups is 1. The summed E-state index contributed by atoms with van der Waals surface area (Å²) >= 11 is 1.18. The predicted octanol–water partition coefficient (Wildman–Crippen LogP) is 0.446. The zero-order chi connectivity index (χ0) is 19.0. The van der Waals surface area contributed by atoms with Crippen molar-refractivity contribution in [2.75, 3.05) is 23.8 Å². The number of nitrogen functional groups attached to an aromatic ring is 1. The average molecular weight is 370 g/mol. The minimum Gasteiger partial charge on any atom is -0.480 e. The van der Waals surface area contributed by atoms with Crippen LogP contribution in [-0.4, -0.2) is 58.2 Å². The fourth-order valence-corrected chi connectivity index (χ4v) is 2.65. The van der Waals surface area contributed by atoms with Crippen molar-refractivity contribution in [3.63, 3.8) is 0 Å². The average Bonchev–Trinajstić information content (AvgIpc) is 2.52. The summed E-state index contributed by atoms with van der Waals surface area (Å²) in [4.78, 5) is 44.7. The number of anilines is 1. The van der Waals surface area contributed by atoms with E-state index in [9.17, 15) is 19.2 Å². The molecule has 0 aliphatic rings. The third kappa shape index (κ3) is 6.34. The molecular formula is C15H18N2O7S. The second kappa shape index (κ2) is 9.52. The molecule has 10 heteroatoms. The highest BCUT2D eigenvalue weighted by Crippen LogP contribution is 2.18. The van der Waals surface area contributed by atoms with Crippen LogP contribution in [0.2, 0.25) is 0 Å². The van der Waals surface area contributed by atoms with E-state index in [0.717, 1.165) is 0 Å². The van der Waals surface area contributed by atoms with E-state index in [1.54, 1.807) is 0 Å². The quantitative estimate of drug-likeness (QED) is 0.275. The first-order valence-corrected chi connectivity index (χ1v) is 8.26. The summed E-state index contributed by atoms with van der Waals surface area (Å²) in [6.45, 7) is 1.20. The number of amides is 1. The van der Waals surface area contributed by atoms with Gasteiger partial charge in [-0.15, -0.1) is 0 Å². The lowest BCUT2D eigenvalue weighted by atomic mass is 10.1. The molecule has 0 aromatic heterocycles. The Morgan fingerprint density at radius 2 is 1.88 bits per heavy atom. The SMILES string of the molecule is CC(=O)NC(CSCCOC(=O)c1cccc(C(=O)O)c1N)C(=O)O. The topological polar surface area (TPSA) is 156 Å². The molecule has 1 aromatic carbocycles. The predicted molar refractivity (Wildman–Crippen MR) is 90.7 cm³/mol. The number of hydrogen-bond acceptors (Lipinski definition) is 7. The van der Waals surface area contributed by atoms with E-state index < -0.39 is 29.9 Å². The maximum atomic E-state index is 11.9. The molecule has 0 bridgehead atoms. The van der Waals surface area contributed by atoms with Gasteiger partial charge in [0.25, 0.3) is 0 Å². The number of nitrogens with one attached hydrogen (secondary N) is 1. The summed E-state index contributed by atoms with van der Waals surface area (Å²) in [5.74, 6) is -3.21. The molecular weight excluding hydrogens is 352 g/mol. The Kier molecular flexibility index (Phi) is 7.73. The monoisotopic (exact) mass is 370 g/mol. The van der Waals surface area contributed by atoms with Crippen molar-refractivity contribution in [1.29, 1.82) is 0 Å². The first-order valence-electron chi connectivity index (χ1n) is 7.10. The minimum absolute atomic E-state index is 0.0212. The number of para-hydroxylation sites is 1. The van der Waals surface area contributed by atoms with Crippen LogP contribution in [0.4, 0.5) is 5.69 Å². The molecule has 1 unspecified atom stereocenters. The van der Waals surface area contributed by atoms with Crippen molar-refractivity contribution in [1.82, 2.24) is 5.32 Å². The number of nitrogens with two attached hydrogens (primary N) is 1. The Labute approximate surface area is 147 Å². The number of ether oxygens (including phenoxy) is 1. The van der Waals surface area contributed by atoms with E-state index in [4.69, 9.17) is 20.7 Å². The lowest BCUT2D eigenvalue weighted by molar-refractivity contribution is -0.140. The van der Waals surface area contributed by atoms with Gasteiger partial charge in [0.2, 0.25) is 5.91 Å². The van der Waals surface area contributed by atoms with Gasteiger partial charge in [0.05, 0.1) is 16.8 Å². The number of carbonyl (C=O) groups excluding carboxylic acids is 2. The third-order valence-electron chi connectivity index (χ3n) is 2.98. The molecule has 0 spiro atoms. The molecule has 1 rings (SSSR count). The number of carboxylic acid groups (broad SMARTS) is 2. The van der Waals surface area contributed by atoms with Gasteiger partial charge in [-0.2, -0.15) is 11.8 Å². The zero-order valence-corrected chi connectivity index (χ0v) is 14.2. The fourth-order valence-electron chi connectivity index (χ4n) is 1.82. The fraction of sp³-hybridized carbons (Fsp3) is 0.333. The van der Waals surface area contributed by atoms with Crippen LogP contribution in [0, 0.1) is 0 Å². The van der Waals surface area contributed by atoms with Crippen LogP contribution in [0.3, 0.4) is 0 Å². The first-order chi connectivity index (χ1) is 11.7. The van der Waals surface area contributed by atoms with Gasteiger partial charge in [-0.3, -0.25) is 4.79 Å². The Balaban J connectivity index is 2.48. The Morgan fingerprint density at radius 1 is 1.24 bits per heavy atom. The maximum absolute atomic E-state index is 11.9. The molecule has 5 N–H and O–H groups in total. The summed E-state index contributed by atoms with van der Waals surface area (Å²) in [5, 5.41) is 20.2. The van der Waals surface area contributed by atoms with E-state index in [1.807, 2.05) is 0 Å². The molecule has 0 aliphatic heterocycles. The number of rotatable bonds is 9. The molecule has 9 nitrogen and oxygen atoms in total. The molecule has 136 valence electrons. The Bertz CT molecular complexity index is 678. The normalized spacial score (nSPS) is 11.4. The summed E-state index contributed by atoms with van der Waals surface area (Å²) in [7, 11) is 0. The van der Waals surface area contributed by atoms with Crippen LogP contribution < -0.4 is 11.1 Å². The smallest absolute Gasteiger partial charge is 0.340 e. The van der Waals surface area contributed by atoms with E-state index in [2.05, 4.69) is 5.32 Å². The maximum Gasteiger partial charge on any atom is 0.340 e. The summed E-state index contributed by atoms with van der Waals surface area (Å²) in [6.07, 6.45) is 0. The molecule has 1 atom stereocenters. The van der Waals surface area contributed by atoms with Crippen LogP contribution in [-0.2, 0) is 14.3 Å². The highest BCUT2D eigenvalue weighted by molar-refractivity contribution is 7.99. The lowest BCUT2D eigenvalue weighted by Crippen LogP contribution is -2.41. The number of benzene rings is 1. The second-order valence-corrected chi connectivity index (χ2v) is 6.02. The minimum atomic E-state index is -1.25. The molecule has 0 saturated carbocycles. The third-order valence-corrected chi connectivity index (χ3v) is 4.00. The number of hydrogen-bond donors (Lipinski definition) is 4. The molecule has 0 heterocycles. The molecule has 0 radical (unpaired) electrons. The Morgan fingerprint density at radius 3 is 2.44 bits per heavy atom. The van der Waals surface area contributed by atoms with Crippen molar-refractivity contribution < 1.29 is 34.1 Å².